The van der Waals surface area contributed by atoms with Crippen molar-refractivity contribution in [2.24, 2.45) is 0 Å². The summed E-state index contributed by atoms with van der Waals surface area (Å²) in [5.41, 5.74) is 0.637. The number of methoxy groups -OCH3 is 1. The molecule has 0 unspecified atom stereocenters. The van der Waals surface area contributed by atoms with Gasteiger partial charge in [0.25, 0.3) is 5.91 Å². The SMILES string of the molecule is COc1ccccc1C(=O)N(Cc1ccco1)Cc1c(F)cccc1Cl. The summed E-state index contributed by atoms with van der Waals surface area (Å²) in [7, 11) is 1.50. The number of ether oxygens (including phenoxy) is 1. The molecule has 1 amide bonds. The van der Waals surface area contributed by atoms with E-state index in [1.54, 1.807) is 42.5 Å². The highest BCUT2D eigenvalue weighted by Crippen LogP contribution is 2.25. The molecule has 0 fully saturated rings. The number of nitrogens with zero attached hydrogens (tertiary/aromatic N) is 1. The van der Waals surface area contributed by atoms with Gasteiger partial charge < -0.3 is 14.1 Å². The fourth-order valence-electron chi connectivity index (χ4n) is 2.66. The molecule has 0 saturated carbocycles. The van der Waals surface area contributed by atoms with E-state index >= 15 is 0 Å². The number of halogens is 2. The van der Waals surface area contributed by atoms with Crippen LogP contribution in [0.4, 0.5) is 4.39 Å². The fraction of sp³-hybridized carbons (Fsp3) is 0.150. The molecule has 6 heteroatoms. The van der Waals surface area contributed by atoms with Gasteiger partial charge in [-0.05, 0) is 36.4 Å². The predicted molar refractivity (Wildman–Crippen MR) is 96.7 cm³/mol. The highest BCUT2D eigenvalue weighted by molar-refractivity contribution is 6.31. The molecule has 0 spiro atoms. The first kappa shape index (κ1) is 18.0. The Morgan fingerprint density at radius 2 is 1.92 bits per heavy atom. The molecule has 2 aromatic carbocycles. The van der Waals surface area contributed by atoms with Gasteiger partial charge >= 0.3 is 0 Å². The second-order valence-corrected chi connectivity index (χ2v) is 6.05. The largest absolute Gasteiger partial charge is 0.496 e. The maximum Gasteiger partial charge on any atom is 0.258 e. The van der Waals surface area contributed by atoms with Crippen LogP contribution < -0.4 is 4.74 Å². The van der Waals surface area contributed by atoms with Gasteiger partial charge in [-0.2, -0.15) is 0 Å². The third-order valence-electron chi connectivity index (χ3n) is 3.96. The minimum atomic E-state index is -0.463. The van der Waals surface area contributed by atoms with Crippen molar-refractivity contribution in [3.63, 3.8) is 0 Å². The quantitative estimate of drug-likeness (QED) is 0.615. The van der Waals surface area contributed by atoms with E-state index in [4.69, 9.17) is 20.8 Å². The molecule has 0 aliphatic rings. The number of carbonyl (C=O) groups excluding carboxylic acids is 1. The predicted octanol–water partition coefficient (Wildman–Crippen LogP) is 4.92. The normalized spacial score (nSPS) is 10.6. The van der Waals surface area contributed by atoms with E-state index in [9.17, 15) is 9.18 Å². The molecule has 4 nitrogen and oxygen atoms in total. The van der Waals surface area contributed by atoms with E-state index in [0.29, 0.717) is 17.1 Å². The standard InChI is InChI=1S/C20H17ClFNO3/c1-25-19-10-3-2-7-15(19)20(24)23(12-14-6-5-11-26-14)13-16-17(21)8-4-9-18(16)22/h2-11H,12-13H2,1H3. The van der Waals surface area contributed by atoms with E-state index in [2.05, 4.69) is 0 Å². The summed E-state index contributed by atoms with van der Waals surface area (Å²) < 4.78 is 24.9. The van der Waals surface area contributed by atoms with Crippen LogP contribution in [0.1, 0.15) is 21.7 Å². The Hall–Kier alpha value is -2.79. The van der Waals surface area contributed by atoms with Crippen LogP contribution in [-0.2, 0) is 13.1 Å². The third kappa shape index (κ3) is 3.89. The molecular formula is C20H17ClFNO3. The average molecular weight is 374 g/mol. The number of para-hydroxylation sites is 1. The number of rotatable bonds is 6. The van der Waals surface area contributed by atoms with E-state index < -0.39 is 5.82 Å². The summed E-state index contributed by atoms with van der Waals surface area (Å²) in [5, 5.41) is 0.266. The summed E-state index contributed by atoms with van der Waals surface area (Å²) >= 11 is 6.14. The first-order valence-electron chi connectivity index (χ1n) is 7.97. The Balaban J connectivity index is 1.96. The minimum Gasteiger partial charge on any atom is -0.496 e. The lowest BCUT2D eigenvalue weighted by atomic mass is 10.1. The molecule has 0 bridgehead atoms. The molecular weight excluding hydrogens is 357 g/mol. The highest BCUT2D eigenvalue weighted by Gasteiger charge is 2.23. The van der Waals surface area contributed by atoms with E-state index in [1.165, 1.54) is 30.4 Å². The molecule has 26 heavy (non-hydrogen) atoms. The monoisotopic (exact) mass is 373 g/mol. The van der Waals surface area contributed by atoms with Gasteiger partial charge in [-0.15, -0.1) is 0 Å². The second-order valence-electron chi connectivity index (χ2n) is 5.64. The molecule has 3 aromatic rings. The molecule has 0 aliphatic heterocycles. The van der Waals surface area contributed by atoms with Crippen molar-refractivity contribution in [2.45, 2.75) is 13.1 Å². The number of amides is 1. The van der Waals surface area contributed by atoms with Crippen LogP contribution in [0, 0.1) is 5.82 Å². The Kier molecular flexibility index (Phi) is 5.58. The zero-order chi connectivity index (χ0) is 18.5. The summed E-state index contributed by atoms with van der Waals surface area (Å²) in [6.07, 6.45) is 1.52. The molecule has 134 valence electrons. The van der Waals surface area contributed by atoms with Gasteiger partial charge in [0, 0.05) is 10.6 Å². The number of furan rings is 1. The van der Waals surface area contributed by atoms with Gasteiger partial charge in [-0.3, -0.25) is 4.79 Å². The average Bonchev–Trinajstić information content (AvgIpc) is 3.16. The van der Waals surface area contributed by atoms with E-state index in [0.717, 1.165) is 0 Å². The van der Waals surface area contributed by atoms with Crippen LogP contribution in [-0.4, -0.2) is 17.9 Å². The lowest BCUT2D eigenvalue weighted by molar-refractivity contribution is 0.0712. The molecule has 1 aromatic heterocycles. The fourth-order valence-corrected chi connectivity index (χ4v) is 2.88. The van der Waals surface area contributed by atoms with Crippen LogP contribution in [0.25, 0.3) is 0 Å². The van der Waals surface area contributed by atoms with Crippen molar-refractivity contribution < 1.29 is 18.3 Å². The molecule has 0 atom stereocenters. The number of carbonyl (C=O) groups is 1. The maximum atomic E-state index is 14.2. The maximum absolute atomic E-state index is 14.2. The van der Waals surface area contributed by atoms with Crippen LogP contribution in [0.2, 0.25) is 5.02 Å². The Labute approximate surface area is 155 Å². The molecule has 0 radical (unpaired) electrons. The van der Waals surface area contributed by atoms with Crippen molar-refractivity contribution >= 4 is 17.5 Å². The minimum absolute atomic E-state index is 0.00306. The van der Waals surface area contributed by atoms with Crippen molar-refractivity contribution in [1.29, 1.82) is 0 Å². The van der Waals surface area contributed by atoms with Crippen LogP contribution in [0.15, 0.2) is 65.3 Å². The Morgan fingerprint density at radius 1 is 1.12 bits per heavy atom. The summed E-state index contributed by atoms with van der Waals surface area (Å²) in [5.74, 6) is 0.259. The van der Waals surface area contributed by atoms with Crippen LogP contribution in [0.5, 0.6) is 5.75 Å². The van der Waals surface area contributed by atoms with Crippen molar-refractivity contribution in [2.75, 3.05) is 7.11 Å². The van der Waals surface area contributed by atoms with Gasteiger partial charge in [-0.25, -0.2) is 4.39 Å². The second kappa shape index (κ2) is 8.06. The zero-order valence-corrected chi connectivity index (χ0v) is 14.9. The van der Waals surface area contributed by atoms with Crippen LogP contribution >= 0.6 is 11.6 Å². The number of hydrogen-bond donors (Lipinski definition) is 0. The lowest BCUT2D eigenvalue weighted by Gasteiger charge is -2.23. The third-order valence-corrected chi connectivity index (χ3v) is 4.32. The van der Waals surface area contributed by atoms with Crippen molar-refractivity contribution in [1.82, 2.24) is 4.90 Å². The smallest absolute Gasteiger partial charge is 0.258 e. The van der Waals surface area contributed by atoms with E-state index in [-0.39, 0.29) is 29.6 Å². The lowest BCUT2D eigenvalue weighted by Crippen LogP contribution is -2.30. The highest BCUT2D eigenvalue weighted by atomic mass is 35.5. The summed E-state index contributed by atoms with van der Waals surface area (Å²) in [6.45, 7) is 0.178. The molecule has 0 N–H and O–H groups in total. The first-order chi connectivity index (χ1) is 12.6. The molecule has 0 saturated heterocycles. The Morgan fingerprint density at radius 3 is 2.62 bits per heavy atom. The number of benzene rings is 2. The number of hydrogen-bond acceptors (Lipinski definition) is 3. The first-order valence-corrected chi connectivity index (χ1v) is 8.35. The molecule has 3 rings (SSSR count). The van der Waals surface area contributed by atoms with Gasteiger partial charge in [0.05, 0.1) is 32.0 Å². The molecule has 1 heterocycles. The van der Waals surface area contributed by atoms with Crippen LogP contribution in [0.3, 0.4) is 0 Å². The van der Waals surface area contributed by atoms with Crippen molar-refractivity contribution in [3.05, 3.63) is 88.6 Å². The summed E-state index contributed by atoms with van der Waals surface area (Å²) in [4.78, 5) is 14.6. The summed E-state index contributed by atoms with van der Waals surface area (Å²) in [6, 6.07) is 14.8. The van der Waals surface area contributed by atoms with E-state index in [1.807, 2.05) is 0 Å². The molecule has 0 aliphatic carbocycles. The topological polar surface area (TPSA) is 42.7 Å². The van der Waals surface area contributed by atoms with Gasteiger partial charge in [-0.1, -0.05) is 29.8 Å². The zero-order valence-electron chi connectivity index (χ0n) is 14.1. The van der Waals surface area contributed by atoms with Crippen molar-refractivity contribution in [3.8, 4) is 5.75 Å². The van der Waals surface area contributed by atoms with Gasteiger partial charge in [0.1, 0.15) is 17.3 Å². The van der Waals surface area contributed by atoms with Gasteiger partial charge in [0.15, 0.2) is 0 Å². The Bertz CT molecular complexity index is 876. The van der Waals surface area contributed by atoms with Gasteiger partial charge in [0.2, 0.25) is 0 Å².